The Morgan fingerprint density at radius 3 is 2.27 bits per heavy atom. The molecule has 0 aliphatic rings. The quantitative estimate of drug-likeness (QED) is 0.757. The summed E-state index contributed by atoms with van der Waals surface area (Å²) in [6.45, 7) is 6.98. The molecule has 0 aliphatic heterocycles. The summed E-state index contributed by atoms with van der Waals surface area (Å²) in [6, 6.07) is 10.7. The molecule has 7 heteroatoms. The van der Waals surface area contributed by atoms with Gasteiger partial charge in [-0.1, -0.05) is 19.9 Å². The summed E-state index contributed by atoms with van der Waals surface area (Å²) in [7, 11) is 0. The highest BCUT2D eigenvalue weighted by Gasteiger charge is 2.16. The van der Waals surface area contributed by atoms with Gasteiger partial charge in [-0.2, -0.15) is 0 Å². The molecule has 0 radical (unpaired) electrons. The molecule has 0 saturated heterocycles. The van der Waals surface area contributed by atoms with Crippen LogP contribution in [0.2, 0.25) is 0 Å². The molecule has 0 unspecified atom stereocenters. The lowest BCUT2D eigenvalue weighted by atomic mass is 10.2. The van der Waals surface area contributed by atoms with Crippen LogP contribution in [0.15, 0.2) is 36.4 Å². The standard InChI is InChI=1S/C19H25N5O2/c1-4-11-24(12-5-2)19(26)17-9-10-18(23-22-17)21-16-8-6-7-15(13-16)20-14(3)25/h6-10,13H,4-5,11-12H2,1-3H3,(H,20,25)(H,21,23). The fourth-order valence-electron chi connectivity index (χ4n) is 2.56. The third kappa shape index (κ3) is 5.54. The number of amides is 2. The Balaban J connectivity index is 2.07. The molecule has 2 N–H and O–H groups in total. The van der Waals surface area contributed by atoms with E-state index in [-0.39, 0.29) is 11.8 Å². The van der Waals surface area contributed by atoms with E-state index in [1.54, 1.807) is 29.2 Å². The van der Waals surface area contributed by atoms with E-state index in [0.717, 1.165) is 18.5 Å². The van der Waals surface area contributed by atoms with Crippen molar-refractivity contribution in [3.63, 3.8) is 0 Å². The van der Waals surface area contributed by atoms with Crippen LogP contribution in [0.5, 0.6) is 0 Å². The topological polar surface area (TPSA) is 87.2 Å². The van der Waals surface area contributed by atoms with Gasteiger partial charge < -0.3 is 15.5 Å². The Bertz CT molecular complexity index is 740. The van der Waals surface area contributed by atoms with Crippen molar-refractivity contribution in [2.24, 2.45) is 0 Å². The molecule has 0 atom stereocenters. The Hall–Kier alpha value is -2.96. The molecule has 1 heterocycles. The zero-order valence-electron chi connectivity index (χ0n) is 15.5. The summed E-state index contributed by atoms with van der Waals surface area (Å²) in [6.07, 6.45) is 1.81. The molecule has 7 nitrogen and oxygen atoms in total. The van der Waals surface area contributed by atoms with E-state index in [9.17, 15) is 9.59 Å². The number of carbonyl (C=O) groups excluding carboxylic acids is 2. The average Bonchev–Trinajstić information content (AvgIpc) is 2.61. The predicted octanol–water partition coefficient (Wildman–Crippen LogP) is 3.44. The molecule has 0 bridgehead atoms. The second-order valence-electron chi connectivity index (χ2n) is 5.98. The Kier molecular flexibility index (Phi) is 7.08. The van der Waals surface area contributed by atoms with Gasteiger partial charge in [0.1, 0.15) is 0 Å². The van der Waals surface area contributed by atoms with Gasteiger partial charge in [-0.15, -0.1) is 10.2 Å². The average molecular weight is 355 g/mol. The lowest BCUT2D eigenvalue weighted by Crippen LogP contribution is -2.33. The number of benzene rings is 1. The summed E-state index contributed by atoms with van der Waals surface area (Å²) in [5.41, 5.74) is 1.80. The normalized spacial score (nSPS) is 10.3. The van der Waals surface area contributed by atoms with Gasteiger partial charge in [0, 0.05) is 31.4 Å². The molecule has 0 aliphatic carbocycles. The fourth-order valence-corrected chi connectivity index (χ4v) is 2.56. The van der Waals surface area contributed by atoms with Crippen molar-refractivity contribution < 1.29 is 9.59 Å². The van der Waals surface area contributed by atoms with Gasteiger partial charge in [-0.05, 0) is 43.2 Å². The molecule has 0 saturated carbocycles. The van der Waals surface area contributed by atoms with Crippen LogP contribution in [0.3, 0.4) is 0 Å². The predicted molar refractivity (Wildman–Crippen MR) is 103 cm³/mol. The van der Waals surface area contributed by atoms with Crippen molar-refractivity contribution in [2.75, 3.05) is 23.7 Å². The first kappa shape index (κ1) is 19.4. The first-order valence-electron chi connectivity index (χ1n) is 8.81. The van der Waals surface area contributed by atoms with E-state index in [4.69, 9.17) is 0 Å². The molecule has 138 valence electrons. The Labute approximate surface area is 153 Å². The summed E-state index contributed by atoms with van der Waals surface area (Å²) >= 11 is 0. The number of hydrogen-bond donors (Lipinski definition) is 2. The maximum absolute atomic E-state index is 12.5. The van der Waals surface area contributed by atoms with Gasteiger partial charge in [0.05, 0.1) is 0 Å². The molecule has 2 aromatic rings. The summed E-state index contributed by atoms with van der Waals surface area (Å²) in [4.78, 5) is 25.4. The third-order valence-electron chi connectivity index (χ3n) is 3.61. The molecule has 1 aromatic heterocycles. The monoisotopic (exact) mass is 355 g/mol. The summed E-state index contributed by atoms with van der Waals surface area (Å²) < 4.78 is 0. The van der Waals surface area contributed by atoms with Gasteiger partial charge in [0.25, 0.3) is 5.91 Å². The smallest absolute Gasteiger partial charge is 0.274 e. The lowest BCUT2D eigenvalue weighted by Gasteiger charge is -2.20. The van der Waals surface area contributed by atoms with Crippen molar-refractivity contribution >= 4 is 29.0 Å². The second-order valence-corrected chi connectivity index (χ2v) is 5.98. The number of hydrogen-bond acceptors (Lipinski definition) is 5. The van der Waals surface area contributed by atoms with Crippen LogP contribution in [0.25, 0.3) is 0 Å². The number of nitrogens with one attached hydrogen (secondary N) is 2. The van der Waals surface area contributed by atoms with E-state index < -0.39 is 0 Å². The maximum atomic E-state index is 12.5. The minimum atomic E-state index is -0.131. The summed E-state index contributed by atoms with van der Waals surface area (Å²) in [5.74, 6) is 0.299. The molecule has 2 amide bonds. The molecule has 0 spiro atoms. The van der Waals surface area contributed by atoms with Gasteiger partial charge in [-0.25, -0.2) is 0 Å². The van der Waals surface area contributed by atoms with Gasteiger partial charge in [-0.3, -0.25) is 9.59 Å². The number of aromatic nitrogens is 2. The fraction of sp³-hybridized carbons (Fsp3) is 0.368. The maximum Gasteiger partial charge on any atom is 0.274 e. The van der Waals surface area contributed by atoms with Crippen molar-refractivity contribution in [2.45, 2.75) is 33.6 Å². The van der Waals surface area contributed by atoms with Crippen molar-refractivity contribution in [3.05, 3.63) is 42.1 Å². The number of nitrogens with zero attached hydrogens (tertiary/aromatic N) is 3. The van der Waals surface area contributed by atoms with Crippen LogP contribution >= 0.6 is 0 Å². The van der Waals surface area contributed by atoms with Crippen LogP contribution in [0.1, 0.15) is 44.1 Å². The van der Waals surface area contributed by atoms with Crippen LogP contribution in [-0.2, 0) is 4.79 Å². The minimum Gasteiger partial charge on any atom is -0.339 e. The zero-order chi connectivity index (χ0) is 18.9. The van der Waals surface area contributed by atoms with Crippen molar-refractivity contribution in [3.8, 4) is 0 Å². The number of rotatable bonds is 8. The second kappa shape index (κ2) is 9.50. The number of carbonyl (C=O) groups is 2. The van der Waals surface area contributed by atoms with Gasteiger partial charge in [0.15, 0.2) is 11.5 Å². The van der Waals surface area contributed by atoms with Crippen LogP contribution < -0.4 is 10.6 Å². The SMILES string of the molecule is CCCN(CCC)C(=O)c1ccc(Nc2cccc(NC(C)=O)c2)nn1. The summed E-state index contributed by atoms with van der Waals surface area (Å²) in [5, 5.41) is 14.0. The third-order valence-corrected chi connectivity index (χ3v) is 3.61. The van der Waals surface area contributed by atoms with Crippen LogP contribution in [0.4, 0.5) is 17.2 Å². The van der Waals surface area contributed by atoms with Crippen LogP contribution in [0, 0.1) is 0 Å². The molecular formula is C19H25N5O2. The lowest BCUT2D eigenvalue weighted by molar-refractivity contribution is -0.114. The Morgan fingerprint density at radius 1 is 1.00 bits per heavy atom. The highest BCUT2D eigenvalue weighted by Crippen LogP contribution is 2.19. The molecule has 2 rings (SSSR count). The molecular weight excluding hydrogens is 330 g/mol. The minimum absolute atomic E-state index is 0.0968. The van der Waals surface area contributed by atoms with Crippen molar-refractivity contribution in [1.82, 2.24) is 15.1 Å². The van der Waals surface area contributed by atoms with E-state index >= 15 is 0 Å². The molecule has 26 heavy (non-hydrogen) atoms. The highest BCUT2D eigenvalue weighted by molar-refractivity contribution is 5.92. The molecule has 1 aromatic carbocycles. The largest absolute Gasteiger partial charge is 0.339 e. The highest BCUT2D eigenvalue weighted by atomic mass is 16.2. The van der Waals surface area contributed by atoms with Crippen molar-refractivity contribution in [1.29, 1.82) is 0 Å². The molecule has 0 fully saturated rings. The van der Waals surface area contributed by atoms with E-state index in [2.05, 4.69) is 20.8 Å². The van der Waals surface area contributed by atoms with Gasteiger partial charge >= 0.3 is 0 Å². The zero-order valence-corrected chi connectivity index (χ0v) is 15.5. The van der Waals surface area contributed by atoms with Crippen LogP contribution in [-0.4, -0.2) is 40.0 Å². The van der Waals surface area contributed by atoms with E-state index in [1.807, 2.05) is 26.0 Å². The van der Waals surface area contributed by atoms with E-state index in [1.165, 1.54) is 6.92 Å². The van der Waals surface area contributed by atoms with E-state index in [0.29, 0.717) is 30.3 Å². The first-order valence-corrected chi connectivity index (χ1v) is 8.81. The first-order chi connectivity index (χ1) is 12.5. The number of anilines is 3. The van der Waals surface area contributed by atoms with Gasteiger partial charge in [0.2, 0.25) is 5.91 Å². The Morgan fingerprint density at radius 2 is 1.69 bits per heavy atom.